The number of hydrogen-bond acceptors (Lipinski definition) is 10. The molecule has 1 spiro atoms. The minimum absolute atomic E-state index is 0.0903. The summed E-state index contributed by atoms with van der Waals surface area (Å²) in [5, 5.41) is 10.2. The Labute approximate surface area is 264 Å². The lowest BCUT2D eigenvalue weighted by Gasteiger charge is -2.53. The van der Waals surface area contributed by atoms with Crippen LogP contribution in [-0.4, -0.2) is 70.6 Å². The molecule has 4 aliphatic rings. The number of likely N-dealkylation sites (N-methyl/N-ethyl adjacent to an activating group) is 1. The van der Waals surface area contributed by atoms with E-state index in [0.29, 0.717) is 42.3 Å². The molecule has 2 atom stereocenters. The summed E-state index contributed by atoms with van der Waals surface area (Å²) in [6, 6.07) is 7.47. The molecule has 2 aromatic heterocycles. The molecule has 10 nitrogen and oxygen atoms in total. The van der Waals surface area contributed by atoms with Gasteiger partial charge >= 0.3 is 0 Å². The van der Waals surface area contributed by atoms with Gasteiger partial charge in [-0.1, -0.05) is 6.07 Å². The van der Waals surface area contributed by atoms with E-state index in [4.69, 9.17) is 21.4 Å². The first kappa shape index (κ1) is 29.7. The van der Waals surface area contributed by atoms with E-state index >= 15 is 4.39 Å². The molecule has 0 radical (unpaired) electrons. The summed E-state index contributed by atoms with van der Waals surface area (Å²) >= 11 is 0. The van der Waals surface area contributed by atoms with Crippen molar-refractivity contribution in [3.05, 3.63) is 63.7 Å². The lowest BCUT2D eigenvalue weighted by Crippen LogP contribution is -2.68. The highest BCUT2D eigenvalue weighted by molar-refractivity contribution is 5.65. The molecular weight excluding hydrogens is 567 g/mol. The Morgan fingerprint density at radius 3 is 2.60 bits per heavy atom. The van der Waals surface area contributed by atoms with Gasteiger partial charge in [-0.05, 0) is 89.3 Å². The molecule has 2 saturated heterocycles. The van der Waals surface area contributed by atoms with Gasteiger partial charge in [0, 0.05) is 50.4 Å². The summed E-state index contributed by atoms with van der Waals surface area (Å²) in [4.78, 5) is 24.2. The molecule has 4 N–H and O–H groups in total. The maximum Gasteiger partial charge on any atom is 0.227 e. The number of aromatic nitrogens is 3. The van der Waals surface area contributed by atoms with E-state index in [0.717, 1.165) is 67.2 Å². The predicted octanol–water partition coefficient (Wildman–Crippen LogP) is 4.14. The third kappa shape index (κ3) is 4.60. The largest absolute Gasteiger partial charge is 0.398 e. The molecule has 2 fully saturated rings. The number of anilines is 4. The SMILES string of the molecule is C[C@H](c1cccnc1N)N(C)c1nc(N2CC(C)(N3CCCC3)C2)nc2c1CN(C)[C@@]1(CCCc3c(F)cc(N)c(C#N)c31)C2. The molecule has 0 saturated carbocycles. The number of nitrogen functional groups attached to an aromatic ring is 2. The van der Waals surface area contributed by atoms with Crippen LogP contribution in [0.15, 0.2) is 24.4 Å². The summed E-state index contributed by atoms with van der Waals surface area (Å²) in [7, 11) is 4.12. The number of nitriles is 1. The van der Waals surface area contributed by atoms with Gasteiger partial charge in [-0.3, -0.25) is 9.80 Å². The smallest absolute Gasteiger partial charge is 0.227 e. The van der Waals surface area contributed by atoms with Gasteiger partial charge in [-0.15, -0.1) is 0 Å². The summed E-state index contributed by atoms with van der Waals surface area (Å²) in [5.41, 5.74) is 17.0. The molecule has 236 valence electrons. The van der Waals surface area contributed by atoms with Crippen molar-refractivity contribution in [2.24, 2.45) is 0 Å². The highest BCUT2D eigenvalue weighted by Crippen LogP contribution is 2.50. The number of nitrogens with zero attached hydrogens (tertiary/aromatic N) is 8. The van der Waals surface area contributed by atoms with E-state index in [2.05, 4.69) is 58.6 Å². The van der Waals surface area contributed by atoms with E-state index in [-0.39, 0.29) is 23.1 Å². The van der Waals surface area contributed by atoms with Gasteiger partial charge in [-0.2, -0.15) is 10.2 Å². The van der Waals surface area contributed by atoms with Crippen molar-refractivity contribution in [1.29, 1.82) is 5.26 Å². The van der Waals surface area contributed by atoms with Gasteiger partial charge in [0.2, 0.25) is 5.95 Å². The zero-order chi connectivity index (χ0) is 31.7. The molecule has 0 bridgehead atoms. The third-order valence-corrected chi connectivity index (χ3v) is 11.1. The average Bonchev–Trinajstić information content (AvgIpc) is 3.56. The van der Waals surface area contributed by atoms with Crippen LogP contribution in [-0.2, 0) is 24.9 Å². The number of benzene rings is 1. The Morgan fingerprint density at radius 1 is 1.13 bits per heavy atom. The zero-order valence-electron chi connectivity index (χ0n) is 26.8. The fraction of sp³-hybridized carbons (Fsp3) is 0.529. The average molecular weight is 611 g/mol. The van der Waals surface area contributed by atoms with Crippen LogP contribution in [0.2, 0.25) is 0 Å². The molecule has 0 unspecified atom stereocenters. The van der Waals surface area contributed by atoms with Crippen molar-refractivity contribution < 1.29 is 4.39 Å². The zero-order valence-corrected chi connectivity index (χ0v) is 26.8. The summed E-state index contributed by atoms with van der Waals surface area (Å²) in [6.07, 6.45) is 6.95. The number of hydrogen-bond donors (Lipinski definition) is 2. The number of rotatable bonds is 5. The van der Waals surface area contributed by atoms with Gasteiger partial charge < -0.3 is 21.3 Å². The first-order chi connectivity index (χ1) is 21.6. The highest BCUT2D eigenvalue weighted by atomic mass is 19.1. The van der Waals surface area contributed by atoms with Crippen LogP contribution in [0.25, 0.3) is 0 Å². The molecule has 0 amide bonds. The summed E-state index contributed by atoms with van der Waals surface area (Å²) in [5.74, 6) is 1.75. The Balaban J connectivity index is 1.34. The number of fused-ring (bicyclic) bond motifs is 3. The van der Waals surface area contributed by atoms with E-state index in [1.165, 1.54) is 18.9 Å². The van der Waals surface area contributed by atoms with E-state index in [1.54, 1.807) is 6.20 Å². The maximum absolute atomic E-state index is 15.4. The van der Waals surface area contributed by atoms with Crippen molar-refractivity contribution in [1.82, 2.24) is 24.8 Å². The quantitative estimate of drug-likeness (QED) is 0.407. The molecule has 1 aliphatic carbocycles. The molecule has 3 aliphatic heterocycles. The maximum atomic E-state index is 15.4. The van der Waals surface area contributed by atoms with Crippen LogP contribution in [0.5, 0.6) is 0 Å². The second-order valence-electron chi connectivity index (χ2n) is 13.8. The second-order valence-corrected chi connectivity index (χ2v) is 13.8. The van der Waals surface area contributed by atoms with Crippen molar-refractivity contribution in [3.8, 4) is 6.07 Å². The molecular formula is C34H43FN10. The molecule has 11 heteroatoms. The van der Waals surface area contributed by atoms with E-state index in [1.807, 2.05) is 12.1 Å². The van der Waals surface area contributed by atoms with E-state index < -0.39 is 5.54 Å². The van der Waals surface area contributed by atoms with Crippen molar-refractivity contribution >= 4 is 23.3 Å². The van der Waals surface area contributed by atoms with Crippen molar-refractivity contribution in [2.75, 3.05) is 61.5 Å². The minimum Gasteiger partial charge on any atom is -0.398 e. The number of halogens is 1. The molecule has 3 aromatic rings. The third-order valence-electron chi connectivity index (χ3n) is 11.1. The summed E-state index contributed by atoms with van der Waals surface area (Å²) < 4.78 is 15.4. The Kier molecular flexibility index (Phi) is 7.13. The van der Waals surface area contributed by atoms with Crippen LogP contribution < -0.4 is 21.3 Å². The lowest BCUT2D eigenvalue weighted by atomic mass is 9.68. The summed E-state index contributed by atoms with van der Waals surface area (Å²) in [6.45, 7) is 9.04. The Bertz CT molecular complexity index is 1690. The van der Waals surface area contributed by atoms with Crippen LogP contribution >= 0.6 is 0 Å². The monoisotopic (exact) mass is 610 g/mol. The van der Waals surface area contributed by atoms with Crippen LogP contribution in [0, 0.1) is 17.1 Å². The van der Waals surface area contributed by atoms with Gasteiger partial charge in [0.25, 0.3) is 0 Å². The first-order valence-electron chi connectivity index (χ1n) is 16.1. The van der Waals surface area contributed by atoms with Crippen LogP contribution in [0.1, 0.15) is 79.1 Å². The topological polar surface area (TPSA) is 127 Å². The van der Waals surface area contributed by atoms with Gasteiger partial charge in [0.15, 0.2) is 0 Å². The number of pyridine rings is 1. The molecule has 7 rings (SSSR count). The molecule has 5 heterocycles. The Morgan fingerprint density at radius 2 is 1.89 bits per heavy atom. The lowest BCUT2D eigenvalue weighted by molar-refractivity contribution is 0.0717. The molecule has 45 heavy (non-hydrogen) atoms. The predicted molar refractivity (Wildman–Crippen MR) is 174 cm³/mol. The minimum atomic E-state index is -0.595. The first-order valence-corrected chi connectivity index (χ1v) is 16.1. The van der Waals surface area contributed by atoms with Crippen LogP contribution in [0.3, 0.4) is 0 Å². The standard InChI is InChI=1S/C34H43FN10/c1-21(22-10-8-12-39-30(22)38)43(4)31-25-18-42(3)34(11-7-9-23-26(35)15-27(37)24(17-36)29(23)34)16-28(25)40-32(41-31)44-19-33(2,20-44)45-13-5-6-14-45/h8,10,12,15,21H,5-7,9,11,13-14,16,18-20,37H2,1-4H3,(H2,38,39)/t21-,34+/m1/s1. The number of likely N-dealkylation sites (tertiary alicyclic amines) is 1. The number of nitrogens with two attached hydrogens (primary N) is 2. The molecule has 1 aromatic carbocycles. The van der Waals surface area contributed by atoms with Gasteiger partial charge in [0.05, 0.1) is 34.1 Å². The van der Waals surface area contributed by atoms with Gasteiger partial charge in [0.1, 0.15) is 23.5 Å². The highest BCUT2D eigenvalue weighted by Gasteiger charge is 2.49. The van der Waals surface area contributed by atoms with Crippen molar-refractivity contribution in [2.45, 2.75) is 76.0 Å². The van der Waals surface area contributed by atoms with Crippen molar-refractivity contribution in [3.63, 3.8) is 0 Å². The van der Waals surface area contributed by atoms with E-state index in [9.17, 15) is 5.26 Å². The second kappa shape index (κ2) is 10.8. The Hall–Kier alpha value is -4.01. The fourth-order valence-electron chi connectivity index (χ4n) is 8.43. The van der Waals surface area contributed by atoms with Gasteiger partial charge in [-0.25, -0.2) is 14.4 Å². The normalized spacial score (nSPS) is 23.2. The fourth-order valence-corrected chi connectivity index (χ4v) is 8.43. The van der Waals surface area contributed by atoms with Crippen LogP contribution in [0.4, 0.5) is 27.7 Å².